The number of hydrogen-bond donors (Lipinski definition) is 2. The van der Waals surface area contributed by atoms with Crippen molar-refractivity contribution in [1.82, 2.24) is 0 Å². The van der Waals surface area contributed by atoms with Crippen LogP contribution in [0.1, 0.15) is 6.42 Å². The van der Waals surface area contributed by atoms with E-state index in [9.17, 15) is 4.39 Å². The van der Waals surface area contributed by atoms with E-state index in [4.69, 9.17) is 11.5 Å². The Morgan fingerprint density at radius 2 is 2.00 bits per heavy atom. The van der Waals surface area contributed by atoms with Crippen molar-refractivity contribution >= 4 is 0 Å². The van der Waals surface area contributed by atoms with Crippen LogP contribution in [0.25, 0.3) is 0 Å². The topological polar surface area (TPSA) is 52.0 Å². The molecule has 0 saturated carbocycles. The first kappa shape index (κ1) is 5.85. The zero-order valence-corrected chi connectivity index (χ0v) is 3.52. The van der Waals surface area contributed by atoms with Gasteiger partial charge in [0.1, 0.15) is 0 Å². The molecule has 4 N–H and O–H groups in total. The van der Waals surface area contributed by atoms with Crippen LogP contribution in [0.4, 0.5) is 4.39 Å². The highest BCUT2D eigenvalue weighted by Crippen LogP contribution is 1.77. The van der Waals surface area contributed by atoms with E-state index < -0.39 is 12.8 Å². The minimum absolute atomic E-state index is 0.264. The summed E-state index contributed by atoms with van der Waals surface area (Å²) in [6.45, 7) is -0.419. The first-order chi connectivity index (χ1) is 2.77. The first-order valence-electron chi connectivity index (χ1n) is 1.84. The second-order valence-corrected chi connectivity index (χ2v) is 1.14. The number of halogens is 1. The van der Waals surface area contributed by atoms with Crippen molar-refractivity contribution < 1.29 is 4.39 Å². The molecule has 0 heterocycles. The highest BCUT2D eigenvalue weighted by molar-refractivity contribution is 4.45. The van der Waals surface area contributed by atoms with Crippen molar-refractivity contribution in [2.24, 2.45) is 11.5 Å². The Kier molecular flexibility index (Phi) is 2.98. The maximum Gasteiger partial charge on any atom is 0.0921 e. The summed E-state index contributed by atoms with van der Waals surface area (Å²) in [5.41, 5.74) is 9.88. The maximum absolute atomic E-state index is 11.1. The molecule has 0 saturated heterocycles. The summed E-state index contributed by atoms with van der Waals surface area (Å²) in [4.78, 5) is 0. The van der Waals surface area contributed by atoms with Gasteiger partial charge in [0.15, 0.2) is 0 Å². The molecule has 0 aliphatic carbocycles. The van der Waals surface area contributed by atoms with E-state index in [0.29, 0.717) is 0 Å². The molecular formula is C3H9FN2. The van der Waals surface area contributed by atoms with Crippen molar-refractivity contribution in [3.8, 4) is 0 Å². The van der Waals surface area contributed by atoms with Gasteiger partial charge >= 0.3 is 0 Å². The third-order valence-electron chi connectivity index (χ3n) is 0.442. The minimum atomic E-state index is -0.477. The number of alkyl halides is 1. The number of rotatable bonds is 2. The molecule has 0 unspecified atom stereocenters. The maximum atomic E-state index is 11.1. The summed E-state index contributed by atoms with van der Waals surface area (Å²) in [5.74, 6) is 0. The third kappa shape index (κ3) is 3.85. The summed E-state index contributed by atoms with van der Waals surface area (Å²) in [6, 6.07) is 0. The van der Waals surface area contributed by atoms with Crippen LogP contribution in [0.15, 0.2) is 0 Å². The predicted molar refractivity (Wildman–Crippen MR) is 22.8 cm³/mol. The van der Waals surface area contributed by atoms with Gasteiger partial charge in [-0.1, -0.05) is 0 Å². The van der Waals surface area contributed by atoms with Gasteiger partial charge in [0.05, 0.1) is 12.8 Å². The minimum Gasteiger partial charge on any atom is -0.316 e. The van der Waals surface area contributed by atoms with Crippen LogP contribution in [-0.2, 0) is 0 Å². The van der Waals surface area contributed by atoms with E-state index in [1.807, 2.05) is 0 Å². The third-order valence-corrected chi connectivity index (χ3v) is 0.442. The normalized spacial score (nSPS) is 10.0. The summed E-state index contributed by atoms with van der Waals surface area (Å²) in [6.07, 6.45) is -0.213. The second-order valence-electron chi connectivity index (χ2n) is 1.14. The molecule has 0 fully saturated rings. The molecule has 0 aromatic carbocycles. The Morgan fingerprint density at radius 1 is 1.50 bits per heavy atom. The lowest BCUT2D eigenvalue weighted by atomic mass is 10.4. The van der Waals surface area contributed by atoms with Gasteiger partial charge in [-0.2, -0.15) is 0 Å². The molecule has 0 aromatic rings. The fourth-order valence-electron chi connectivity index (χ4n) is 0.126. The quantitative estimate of drug-likeness (QED) is 0.455. The van der Waals surface area contributed by atoms with Crippen LogP contribution in [0.5, 0.6) is 0 Å². The SMILES string of the molecule is NC(N)CCF. The van der Waals surface area contributed by atoms with E-state index in [1.54, 1.807) is 0 Å². The van der Waals surface area contributed by atoms with Crippen molar-refractivity contribution in [2.75, 3.05) is 6.67 Å². The Balaban J connectivity index is 2.63. The molecule has 0 aliphatic rings. The molecular weight excluding hydrogens is 83.0 g/mol. The number of nitrogens with two attached hydrogens (primary N) is 2. The molecule has 0 aromatic heterocycles. The zero-order valence-electron chi connectivity index (χ0n) is 3.52. The van der Waals surface area contributed by atoms with Crippen LogP contribution < -0.4 is 11.5 Å². The largest absolute Gasteiger partial charge is 0.316 e. The van der Waals surface area contributed by atoms with Gasteiger partial charge in [-0.05, 0) is 0 Å². The fourth-order valence-corrected chi connectivity index (χ4v) is 0.126. The van der Waals surface area contributed by atoms with Gasteiger partial charge < -0.3 is 11.5 Å². The molecule has 6 heavy (non-hydrogen) atoms. The van der Waals surface area contributed by atoms with Crippen LogP contribution >= 0.6 is 0 Å². The lowest BCUT2D eigenvalue weighted by molar-refractivity contribution is 0.441. The van der Waals surface area contributed by atoms with Crippen molar-refractivity contribution in [2.45, 2.75) is 12.6 Å². The van der Waals surface area contributed by atoms with E-state index in [-0.39, 0.29) is 6.42 Å². The molecule has 3 heteroatoms. The van der Waals surface area contributed by atoms with Gasteiger partial charge in [-0.25, -0.2) is 0 Å². The van der Waals surface area contributed by atoms with Crippen LogP contribution in [0.3, 0.4) is 0 Å². The predicted octanol–water partition coefficient (Wildman–Crippen LogP) is -0.411. The van der Waals surface area contributed by atoms with E-state index in [0.717, 1.165) is 0 Å². The Morgan fingerprint density at radius 3 is 2.00 bits per heavy atom. The van der Waals surface area contributed by atoms with Crippen LogP contribution in [0, 0.1) is 0 Å². The van der Waals surface area contributed by atoms with Gasteiger partial charge in [0.25, 0.3) is 0 Å². The highest BCUT2D eigenvalue weighted by Gasteiger charge is 1.88. The van der Waals surface area contributed by atoms with Crippen molar-refractivity contribution in [3.63, 3.8) is 0 Å². The second kappa shape index (κ2) is 3.06. The molecule has 0 spiro atoms. The molecule has 0 atom stereocenters. The standard InChI is InChI=1S/C3H9FN2/c4-2-1-3(5)6/h3H,1-2,5-6H2. The fraction of sp³-hybridized carbons (Fsp3) is 1.00. The molecule has 38 valence electrons. The molecule has 2 nitrogen and oxygen atoms in total. The van der Waals surface area contributed by atoms with E-state index in [2.05, 4.69) is 0 Å². The summed E-state index contributed by atoms with van der Waals surface area (Å²) >= 11 is 0. The van der Waals surface area contributed by atoms with Crippen LogP contribution in [-0.4, -0.2) is 12.8 Å². The van der Waals surface area contributed by atoms with E-state index >= 15 is 0 Å². The molecule has 0 bridgehead atoms. The summed E-state index contributed by atoms with van der Waals surface area (Å²) in [7, 11) is 0. The van der Waals surface area contributed by atoms with Gasteiger partial charge in [0.2, 0.25) is 0 Å². The van der Waals surface area contributed by atoms with Crippen molar-refractivity contribution in [1.29, 1.82) is 0 Å². The molecule has 0 radical (unpaired) electrons. The first-order valence-corrected chi connectivity index (χ1v) is 1.84. The van der Waals surface area contributed by atoms with Gasteiger partial charge in [-0.3, -0.25) is 4.39 Å². The van der Waals surface area contributed by atoms with Gasteiger partial charge in [0, 0.05) is 6.42 Å². The lowest BCUT2D eigenvalue weighted by Gasteiger charge is -1.95. The Labute approximate surface area is 36.3 Å². The number of hydrogen-bond acceptors (Lipinski definition) is 2. The Bertz CT molecular complexity index is 30.0. The zero-order chi connectivity index (χ0) is 4.99. The lowest BCUT2D eigenvalue weighted by Crippen LogP contribution is -2.30. The van der Waals surface area contributed by atoms with Crippen molar-refractivity contribution in [3.05, 3.63) is 0 Å². The highest BCUT2D eigenvalue weighted by atomic mass is 19.1. The monoisotopic (exact) mass is 92.1 g/mol. The molecule has 0 rings (SSSR count). The summed E-state index contributed by atoms with van der Waals surface area (Å²) < 4.78 is 11.1. The van der Waals surface area contributed by atoms with E-state index in [1.165, 1.54) is 0 Å². The van der Waals surface area contributed by atoms with Gasteiger partial charge in [-0.15, -0.1) is 0 Å². The summed E-state index contributed by atoms with van der Waals surface area (Å²) in [5, 5.41) is 0. The smallest absolute Gasteiger partial charge is 0.0921 e. The molecule has 0 amide bonds. The Hall–Kier alpha value is -0.150. The average Bonchev–Trinajstić information content (AvgIpc) is 1.35. The van der Waals surface area contributed by atoms with Crippen LogP contribution in [0.2, 0.25) is 0 Å². The molecule has 0 aliphatic heterocycles. The average molecular weight is 92.1 g/mol.